The Balaban J connectivity index is 1.70. The zero-order valence-electron chi connectivity index (χ0n) is 13.5. The monoisotopic (exact) mass is 333 g/mol. The van der Waals surface area contributed by atoms with Crippen LogP contribution in [0.5, 0.6) is 0 Å². The molecule has 1 aliphatic rings. The van der Waals surface area contributed by atoms with Gasteiger partial charge in [0.05, 0.1) is 6.04 Å². The number of hydrogen-bond acceptors (Lipinski definition) is 1. The predicted molar refractivity (Wildman–Crippen MR) is 100 cm³/mol. The molecule has 2 heteroatoms. The van der Waals surface area contributed by atoms with Gasteiger partial charge in [0.1, 0.15) is 0 Å². The van der Waals surface area contributed by atoms with Gasteiger partial charge in [0, 0.05) is 17.6 Å². The standard InChI is InChI=1S/C22H20ClN/c23-20-13-11-17(12-14-20)21-15-16-24(21)22(18-7-3-1-4-8-18)19-9-5-2-6-10-19/h1-14,21-22H,15-16H2. The molecule has 3 aromatic rings. The number of hydrogen-bond donors (Lipinski definition) is 0. The lowest BCUT2D eigenvalue weighted by Gasteiger charge is -2.47. The summed E-state index contributed by atoms with van der Waals surface area (Å²) in [6.07, 6.45) is 1.19. The van der Waals surface area contributed by atoms with Gasteiger partial charge in [-0.25, -0.2) is 0 Å². The van der Waals surface area contributed by atoms with Crippen LogP contribution in [0.4, 0.5) is 0 Å². The van der Waals surface area contributed by atoms with Crippen molar-refractivity contribution in [3.63, 3.8) is 0 Å². The molecule has 1 atom stereocenters. The molecule has 1 nitrogen and oxygen atoms in total. The Morgan fingerprint density at radius 1 is 0.750 bits per heavy atom. The van der Waals surface area contributed by atoms with Crippen LogP contribution in [0.15, 0.2) is 84.9 Å². The Morgan fingerprint density at radius 3 is 1.75 bits per heavy atom. The summed E-state index contributed by atoms with van der Waals surface area (Å²) >= 11 is 6.05. The van der Waals surface area contributed by atoms with Crippen LogP contribution in [0.3, 0.4) is 0 Å². The molecule has 0 N–H and O–H groups in total. The van der Waals surface area contributed by atoms with E-state index in [4.69, 9.17) is 11.6 Å². The molecule has 1 aliphatic heterocycles. The topological polar surface area (TPSA) is 3.24 Å². The van der Waals surface area contributed by atoms with E-state index in [1.165, 1.54) is 23.1 Å². The normalized spacial score (nSPS) is 17.7. The summed E-state index contributed by atoms with van der Waals surface area (Å²) in [6.45, 7) is 1.11. The Kier molecular flexibility index (Phi) is 4.38. The Labute approximate surface area is 148 Å². The average molecular weight is 334 g/mol. The first-order valence-corrected chi connectivity index (χ1v) is 8.82. The van der Waals surface area contributed by atoms with Gasteiger partial charge in [0.2, 0.25) is 0 Å². The van der Waals surface area contributed by atoms with E-state index in [-0.39, 0.29) is 0 Å². The molecular weight excluding hydrogens is 314 g/mol. The van der Waals surface area contributed by atoms with Gasteiger partial charge < -0.3 is 0 Å². The van der Waals surface area contributed by atoms with Gasteiger partial charge in [0.25, 0.3) is 0 Å². The van der Waals surface area contributed by atoms with Crippen molar-refractivity contribution in [3.05, 3.63) is 107 Å². The summed E-state index contributed by atoms with van der Waals surface area (Å²) in [7, 11) is 0. The van der Waals surface area contributed by atoms with Crippen molar-refractivity contribution in [1.29, 1.82) is 0 Å². The highest BCUT2D eigenvalue weighted by molar-refractivity contribution is 6.30. The smallest absolute Gasteiger partial charge is 0.0607 e. The van der Waals surface area contributed by atoms with Crippen LogP contribution in [0.1, 0.15) is 35.2 Å². The van der Waals surface area contributed by atoms with Crippen molar-refractivity contribution in [2.75, 3.05) is 6.54 Å². The number of halogens is 1. The van der Waals surface area contributed by atoms with E-state index < -0.39 is 0 Å². The molecule has 120 valence electrons. The minimum Gasteiger partial charge on any atom is -0.285 e. The first-order valence-electron chi connectivity index (χ1n) is 8.44. The van der Waals surface area contributed by atoms with E-state index >= 15 is 0 Å². The van der Waals surface area contributed by atoms with Crippen molar-refractivity contribution in [2.45, 2.75) is 18.5 Å². The lowest BCUT2D eigenvalue weighted by Crippen LogP contribution is -2.43. The number of rotatable bonds is 4. The molecule has 0 amide bonds. The largest absolute Gasteiger partial charge is 0.285 e. The first kappa shape index (κ1) is 15.4. The second kappa shape index (κ2) is 6.80. The molecular formula is C22H20ClN. The van der Waals surface area contributed by atoms with Gasteiger partial charge >= 0.3 is 0 Å². The maximum Gasteiger partial charge on any atom is 0.0607 e. The molecule has 3 aromatic carbocycles. The van der Waals surface area contributed by atoms with E-state index in [1.54, 1.807) is 0 Å². The average Bonchev–Trinajstić information content (AvgIpc) is 2.62. The molecule has 0 saturated carbocycles. The summed E-state index contributed by atoms with van der Waals surface area (Å²) in [5.41, 5.74) is 4.05. The van der Waals surface area contributed by atoms with Gasteiger partial charge in [-0.15, -0.1) is 0 Å². The van der Waals surface area contributed by atoms with E-state index in [9.17, 15) is 0 Å². The van der Waals surface area contributed by atoms with Crippen LogP contribution in [0, 0.1) is 0 Å². The minimum atomic E-state index is 0.293. The molecule has 4 rings (SSSR count). The van der Waals surface area contributed by atoms with E-state index in [2.05, 4.69) is 77.7 Å². The van der Waals surface area contributed by atoms with Crippen LogP contribution in [0.2, 0.25) is 5.02 Å². The third-order valence-corrected chi connectivity index (χ3v) is 5.13. The molecule has 0 aromatic heterocycles. The van der Waals surface area contributed by atoms with Crippen LogP contribution in [-0.4, -0.2) is 11.4 Å². The number of nitrogens with zero attached hydrogens (tertiary/aromatic N) is 1. The lowest BCUT2D eigenvalue weighted by molar-refractivity contribution is 0.0567. The van der Waals surface area contributed by atoms with Crippen molar-refractivity contribution in [1.82, 2.24) is 4.90 Å². The Morgan fingerprint density at radius 2 is 1.29 bits per heavy atom. The summed E-state index contributed by atoms with van der Waals surface area (Å²) in [4.78, 5) is 2.59. The number of benzene rings is 3. The summed E-state index contributed by atoms with van der Waals surface area (Å²) in [5.74, 6) is 0. The molecule has 1 saturated heterocycles. The third kappa shape index (κ3) is 2.98. The summed E-state index contributed by atoms with van der Waals surface area (Å²) in [6, 6.07) is 30.6. The molecule has 24 heavy (non-hydrogen) atoms. The third-order valence-electron chi connectivity index (χ3n) is 4.88. The fourth-order valence-electron chi connectivity index (χ4n) is 3.61. The zero-order valence-corrected chi connectivity index (χ0v) is 14.2. The van der Waals surface area contributed by atoms with E-state index in [0.717, 1.165) is 11.6 Å². The van der Waals surface area contributed by atoms with Gasteiger partial charge in [-0.2, -0.15) is 0 Å². The molecule has 0 spiro atoms. The van der Waals surface area contributed by atoms with Crippen LogP contribution in [0.25, 0.3) is 0 Å². The van der Waals surface area contributed by atoms with Gasteiger partial charge in [-0.05, 0) is 35.2 Å². The molecule has 0 aliphatic carbocycles. The highest BCUT2D eigenvalue weighted by Gasteiger charge is 2.36. The van der Waals surface area contributed by atoms with E-state index in [0.29, 0.717) is 12.1 Å². The SMILES string of the molecule is Clc1ccc(C2CCN2C(c2ccccc2)c2ccccc2)cc1. The van der Waals surface area contributed by atoms with E-state index in [1.807, 2.05) is 12.1 Å². The highest BCUT2D eigenvalue weighted by Crippen LogP contribution is 2.43. The number of likely N-dealkylation sites (tertiary alicyclic amines) is 1. The predicted octanol–water partition coefficient (Wildman–Crippen LogP) is 5.88. The van der Waals surface area contributed by atoms with Crippen molar-refractivity contribution in [2.24, 2.45) is 0 Å². The van der Waals surface area contributed by atoms with Crippen molar-refractivity contribution in [3.8, 4) is 0 Å². The molecule has 0 radical (unpaired) electrons. The highest BCUT2D eigenvalue weighted by atomic mass is 35.5. The van der Waals surface area contributed by atoms with Gasteiger partial charge in [-0.3, -0.25) is 4.90 Å². The molecule has 1 heterocycles. The van der Waals surface area contributed by atoms with Crippen molar-refractivity contribution >= 4 is 11.6 Å². The maximum atomic E-state index is 6.05. The summed E-state index contributed by atoms with van der Waals surface area (Å²) < 4.78 is 0. The second-order valence-corrected chi connectivity index (χ2v) is 6.75. The fraction of sp³-hybridized carbons (Fsp3) is 0.182. The van der Waals surface area contributed by atoms with Gasteiger partial charge in [0.15, 0.2) is 0 Å². The summed E-state index contributed by atoms with van der Waals surface area (Å²) in [5, 5.41) is 0.798. The van der Waals surface area contributed by atoms with Crippen LogP contribution in [-0.2, 0) is 0 Å². The fourth-order valence-corrected chi connectivity index (χ4v) is 3.73. The van der Waals surface area contributed by atoms with Crippen LogP contribution < -0.4 is 0 Å². The van der Waals surface area contributed by atoms with Gasteiger partial charge in [-0.1, -0.05) is 84.4 Å². The lowest BCUT2D eigenvalue weighted by atomic mass is 9.87. The van der Waals surface area contributed by atoms with Crippen LogP contribution >= 0.6 is 11.6 Å². The molecule has 0 bridgehead atoms. The maximum absolute atomic E-state index is 6.05. The molecule has 1 unspecified atom stereocenters. The zero-order chi connectivity index (χ0) is 16.4. The second-order valence-electron chi connectivity index (χ2n) is 6.32. The minimum absolute atomic E-state index is 0.293. The quantitative estimate of drug-likeness (QED) is 0.576. The first-order chi connectivity index (χ1) is 11.8. The Hall–Kier alpha value is -2.09. The van der Waals surface area contributed by atoms with Crippen molar-refractivity contribution < 1.29 is 0 Å². The molecule has 1 fully saturated rings. The Bertz CT molecular complexity index is 744.